The lowest BCUT2D eigenvalue weighted by Crippen LogP contribution is -2.23. The third-order valence-electron chi connectivity index (χ3n) is 2.37. The molecule has 0 aliphatic rings. The van der Waals surface area contributed by atoms with E-state index in [2.05, 4.69) is 30.4 Å². The van der Waals surface area contributed by atoms with Crippen LogP contribution in [0.4, 0.5) is 26.3 Å². The summed E-state index contributed by atoms with van der Waals surface area (Å²) in [6.45, 7) is 0. The summed E-state index contributed by atoms with van der Waals surface area (Å²) < 4.78 is 84.1. The van der Waals surface area contributed by atoms with Crippen molar-refractivity contribution < 1.29 is 40.6 Å². The predicted molar refractivity (Wildman–Crippen MR) is 64.3 cm³/mol. The van der Waals surface area contributed by atoms with E-state index >= 15 is 0 Å². The summed E-state index contributed by atoms with van der Waals surface area (Å²) in [7, 11) is 0.942. The van der Waals surface area contributed by atoms with Crippen molar-refractivity contribution in [3.8, 4) is 5.75 Å². The van der Waals surface area contributed by atoms with E-state index in [9.17, 15) is 31.1 Å². The molecule has 1 rings (SSSR count). The van der Waals surface area contributed by atoms with Gasteiger partial charge in [-0.05, 0) is 0 Å². The first-order valence-corrected chi connectivity index (χ1v) is 6.58. The van der Waals surface area contributed by atoms with Crippen molar-refractivity contribution in [2.45, 2.75) is 24.3 Å². The summed E-state index contributed by atoms with van der Waals surface area (Å²) in [6.07, 6.45) is -10.6. The smallest absolute Gasteiger partial charge is 0.469 e. The van der Waals surface area contributed by atoms with Crippen LogP contribution in [0.3, 0.4) is 0 Å². The molecule has 0 aliphatic carbocycles. The number of rotatable bonds is 4. The lowest BCUT2D eigenvalue weighted by atomic mass is 10.1. The average molecular weight is 396 g/mol. The Bertz CT molecular complexity index is 558. The number of carbonyl (C=O) groups is 1. The molecule has 0 bridgehead atoms. The first-order chi connectivity index (χ1) is 9.99. The SMILES string of the molecule is COC(=O)Cc1cnc(CBr)c(C(F)(F)F)c1OC(F)(F)F. The third kappa shape index (κ3) is 4.75. The quantitative estimate of drug-likeness (QED) is 0.444. The number of hydrogen-bond donors (Lipinski definition) is 0. The third-order valence-corrected chi connectivity index (χ3v) is 2.90. The van der Waals surface area contributed by atoms with E-state index < -0.39 is 52.8 Å². The normalized spacial score (nSPS) is 12.2. The number of hydrogen-bond acceptors (Lipinski definition) is 4. The van der Waals surface area contributed by atoms with Crippen LogP contribution >= 0.6 is 15.9 Å². The summed E-state index contributed by atoms with van der Waals surface area (Å²) >= 11 is 2.71. The highest BCUT2D eigenvalue weighted by molar-refractivity contribution is 9.08. The maximum atomic E-state index is 13.0. The minimum atomic E-state index is -5.37. The van der Waals surface area contributed by atoms with E-state index in [4.69, 9.17) is 0 Å². The van der Waals surface area contributed by atoms with Crippen molar-refractivity contribution in [3.05, 3.63) is 23.0 Å². The molecule has 11 heteroatoms. The fraction of sp³-hybridized carbons (Fsp3) is 0.455. The van der Waals surface area contributed by atoms with Gasteiger partial charge in [0.05, 0.1) is 19.2 Å². The number of methoxy groups -OCH3 is 1. The Morgan fingerprint density at radius 3 is 2.27 bits per heavy atom. The standard InChI is InChI=1S/C11H8BrF6NO3/c1-21-7(20)2-5-4-19-6(3-12)8(10(13,14)15)9(5)22-11(16,17)18/h4H,2-3H2,1H3. The number of halogens is 7. The summed E-state index contributed by atoms with van der Waals surface area (Å²) in [6, 6.07) is 0. The van der Waals surface area contributed by atoms with Crippen molar-refractivity contribution in [1.29, 1.82) is 0 Å². The first-order valence-electron chi connectivity index (χ1n) is 5.46. The molecule has 124 valence electrons. The zero-order chi connectivity index (χ0) is 17.1. The highest BCUT2D eigenvalue weighted by Crippen LogP contribution is 2.42. The van der Waals surface area contributed by atoms with Gasteiger partial charge in [0.2, 0.25) is 0 Å². The second-order valence-electron chi connectivity index (χ2n) is 3.87. The first kappa shape index (κ1) is 18.5. The molecule has 0 aromatic carbocycles. The Kier molecular flexibility index (Phi) is 5.65. The van der Waals surface area contributed by atoms with Gasteiger partial charge in [0.1, 0.15) is 11.3 Å². The monoisotopic (exact) mass is 395 g/mol. The zero-order valence-electron chi connectivity index (χ0n) is 10.8. The molecule has 0 aliphatic heterocycles. The number of pyridine rings is 1. The van der Waals surface area contributed by atoms with E-state index in [1.807, 2.05) is 0 Å². The highest BCUT2D eigenvalue weighted by atomic mass is 79.9. The Morgan fingerprint density at radius 2 is 1.86 bits per heavy atom. The van der Waals surface area contributed by atoms with Gasteiger partial charge in [0.25, 0.3) is 0 Å². The molecule has 0 unspecified atom stereocenters. The summed E-state index contributed by atoms with van der Waals surface area (Å²) in [5, 5.41) is -0.450. The van der Waals surface area contributed by atoms with Gasteiger partial charge in [-0.3, -0.25) is 9.78 Å². The molecule has 0 fully saturated rings. The zero-order valence-corrected chi connectivity index (χ0v) is 12.4. The van der Waals surface area contributed by atoms with Gasteiger partial charge in [-0.15, -0.1) is 13.2 Å². The molecule has 0 radical (unpaired) electrons. The molecule has 22 heavy (non-hydrogen) atoms. The van der Waals surface area contributed by atoms with Crippen LogP contribution in [0.5, 0.6) is 5.75 Å². The maximum Gasteiger partial charge on any atom is 0.573 e. The van der Waals surface area contributed by atoms with E-state index in [1.165, 1.54) is 0 Å². The van der Waals surface area contributed by atoms with E-state index in [1.54, 1.807) is 0 Å². The number of nitrogens with zero attached hydrogens (tertiary/aromatic N) is 1. The average Bonchev–Trinajstić information content (AvgIpc) is 2.36. The lowest BCUT2D eigenvalue weighted by Gasteiger charge is -2.20. The van der Waals surface area contributed by atoms with Crippen LogP contribution < -0.4 is 4.74 Å². The molecule has 0 saturated carbocycles. The molecule has 1 heterocycles. The van der Waals surface area contributed by atoms with Crippen molar-refractivity contribution in [1.82, 2.24) is 4.98 Å². The molecule has 1 aromatic rings. The van der Waals surface area contributed by atoms with Gasteiger partial charge in [-0.2, -0.15) is 13.2 Å². The van der Waals surface area contributed by atoms with Gasteiger partial charge in [-0.25, -0.2) is 0 Å². The molecule has 0 atom stereocenters. The van der Waals surface area contributed by atoms with Gasteiger partial charge in [-0.1, -0.05) is 15.9 Å². The number of alkyl halides is 7. The van der Waals surface area contributed by atoms with Crippen molar-refractivity contribution in [3.63, 3.8) is 0 Å². The maximum absolute atomic E-state index is 13.0. The Labute approximate surface area is 128 Å². The number of aromatic nitrogens is 1. The minimum absolute atomic E-state index is 0.450. The Balaban J connectivity index is 3.54. The van der Waals surface area contributed by atoms with Gasteiger partial charge < -0.3 is 9.47 Å². The summed E-state index contributed by atoms with van der Waals surface area (Å²) in [5.41, 5.74) is -3.07. The Hall–Kier alpha value is -1.52. The van der Waals surface area contributed by atoms with Crippen molar-refractivity contribution in [2.24, 2.45) is 0 Å². The molecule has 0 N–H and O–H groups in total. The minimum Gasteiger partial charge on any atom is -0.469 e. The molecule has 1 aromatic heterocycles. The topological polar surface area (TPSA) is 48.4 Å². The molecular formula is C11H8BrF6NO3. The number of ether oxygens (including phenoxy) is 2. The van der Waals surface area contributed by atoms with Gasteiger partial charge >= 0.3 is 18.5 Å². The van der Waals surface area contributed by atoms with Crippen LogP contribution in [0.15, 0.2) is 6.20 Å². The summed E-state index contributed by atoms with van der Waals surface area (Å²) in [5.74, 6) is -2.54. The van der Waals surface area contributed by atoms with E-state index in [-0.39, 0.29) is 0 Å². The second-order valence-corrected chi connectivity index (χ2v) is 4.43. The van der Waals surface area contributed by atoms with Crippen LogP contribution in [0.1, 0.15) is 16.8 Å². The van der Waals surface area contributed by atoms with Crippen LogP contribution in [0, 0.1) is 0 Å². The van der Waals surface area contributed by atoms with E-state index in [0.29, 0.717) is 6.20 Å². The van der Waals surface area contributed by atoms with Crippen LogP contribution in [0.25, 0.3) is 0 Å². The van der Waals surface area contributed by atoms with Gasteiger partial charge in [0, 0.05) is 17.1 Å². The fourth-order valence-corrected chi connectivity index (χ4v) is 1.98. The number of carbonyl (C=O) groups excluding carboxylic acids is 1. The largest absolute Gasteiger partial charge is 0.573 e. The van der Waals surface area contributed by atoms with Crippen molar-refractivity contribution in [2.75, 3.05) is 7.11 Å². The second kappa shape index (κ2) is 6.71. The molecule has 0 saturated heterocycles. The van der Waals surface area contributed by atoms with Crippen LogP contribution in [0.2, 0.25) is 0 Å². The van der Waals surface area contributed by atoms with Crippen LogP contribution in [-0.4, -0.2) is 24.4 Å². The van der Waals surface area contributed by atoms with Gasteiger partial charge in [0.15, 0.2) is 0 Å². The highest BCUT2D eigenvalue weighted by Gasteiger charge is 2.43. The number of esters is 1. The predicted octanol–water partition coefficient (Wildman–Crippen LogP) is 3.61. The van der Waals surface area contributed by atoms with Crippen LogP contribution in [-0.2, 0) is 27.5 Å². The molecule has 0 amide bonds. The molecule has 0 spiro atoms. The Morgan fingerprint density at radius 1 is 1.27 bits per heavy atom. The summed E-state index contributed by atoms with van der Waals surface area (Å²) in [4.78, 5) is 14.6. The molecular weight excluding hydrogens is 388 g/mol. The lowest BCUT2D eigenvalue weighted by molar-refractivity contribution is -0.276. The van der Waals surface area contributed by atoms with Crippen molar-refractivity contribution >= 4 is 21.9 Å². The van der Waals surface area contributed by atoms with E-state index in [0.717, 1.165) is 7.11 Å². The molecule has 4 nitrogen and oxygen atoms in total. The fourth-order valence-electron chi connectivity index (χ4n) is 1.55.